The van der Waals surface area contributed by atoms with Gasteiger partial charge in [-0.05, 0) is 72.5 Å². The molecule has 4 aromatic carbocycles. The molecule has 1 fully saturated rings. The van der Waals surface area contributed by atoms with Gasteiger partial charge in [0.2, 0.25) is 11.8 Å². The van der Waals surface area contributed by atoms with Crippen LogP contribution in [0.4, 0.5) is 5.69 Å². The summed E-state index contributed by atoms with van der Waals surface area (Å²) in [4.78, 5) is 30.3. The zero-order valence-electron chi connectivity index (χ0n) is 26.4. The van der Waals surface area contributed by atoms with E-state index in [-0.39, 0.29) is 29.8 Å². The lowest BCUT2D eigenvalue weighted by Gasteiger charge is -2.35. The molecule has 2 amide bonds. The molecule has 1 N–H and O–H groups in total. The smallest absolute Gasteiger partial charge is 0.264 e. The van der Waals surface area contributed by atoms with Crippen molar-refractivity contribution in [2.45, 2.75) is 62.0 Å². The van der Waals surface area contributed by atoms with Gasteiger partial charge in [-0.3, -0.25) is 13.9 Å². The Labute approximate surface area is 282 Å². The molecule has 1 aliphatic rings. The first-order chi connectivity index (χ1) is 22.7. The minimum absolute atomic E-state index is 0.0243. The molecule has 0 aliphatic heterocycles. The second kappa shape index (κ2) is 16.0. The molecule has 1 aliphatic carbocycles. The van der Waals surface area contributed by atoms with Crippen molar-refractivity contribution in [2.24, 2.45) is 0 Å². The van der Waals surface area contributed by atoms with E-state index >= 15 is 0 Å². The molecule has 0 bridgehead atoms. The molecule has 0 aromatic heterocycles. The lowest BCUT2D eigenvalue weighted by atomic mass is 9.94. The standard InChI is InChI=1S/C37H40ClN3O5S/c1-46-33-23-21-32(22-24-33)41(47(44,45)34-15-9-4-10-16-34)27-36(42)40(26-29-17-19-30(38)20-18-29)35(25-28-11-5-2-6-12-28)37(43)39-31-13-7-3-8-14-31/h2,4-6,9-12,15-24,31,35H,3,7-8,13-14,25-27H2,1H3,(H,39,43)/t35-/m1/s1. The zero-order valence-corrected chi connectivity index (χ0v) is 28.0. The highest BCUT2D eigenvalue weighted by Gasteiger charge is 2.35. The summed E-state index contributed by atoms with van der Waals surface area (Å²) in [5.41, 5.74) is 1.93. The van der Waals surface area contributed by atoms with Crippen molar-refractivity contribution < 1.29 is 22.7 Å². The van der Waals surface area contributed by atoms with E-state index in [2.05, 4.69) is 5.32 Å². The topological polar surface area (TPSA) is 96.0 Å². The van der Waals surface area contributed by atoms with Crippen LogP contribution in [-0.2, 0) is 32.6 Å². The Hall–Kier alpha value is -4.34. The van der Waals surface area contributed by atoms with E-state index in [0.29, 0.717) is 16.5 Å². The molecular weight excluding hydrogens is 634 g/mol. The highest BCUT2D eigenvalue weighted by Crippen LogP contribution is 2.27. The van der Waals surface area contributed by atoms with Gasteiger partial charge in [0, 0.05) is 24.0 Å². The predicted molar refractivity (Wildman–Crippen MR) is 185 cm³/mol. The van der Waals surface area contributed by atoms with Crippen molar-refractivity contribution >= 4 is 39.1 Å². The monoisotopic (exact) mass is 673 g/mol. The summed E-state index contributed by atoms with van der Waals surface area (Å²) in [6.45, 7) is -0.452. The number of sulfonamides is 1. The number of amides is 2. The third-order valence-corrected chi connectivity index (χ3v) is 10.5. The number of nitrogens with zero attached hydrogens (tertiary/aromatic N) is 2. The summed E-state index contributed by atoms with van der Waals surface area (Å²) in [5, 5.41) is 3.77. The number of hydrogen-bond donors (Lipinski definition) is 1. The summed E-state index contributed by atoms with van der Waals surface area (Å²) in [6, 6.07) is 30.3. The maximum absolute atomic E-state index is 14.6. The number of ether oxygens (including phenoxy) is 1. The lowest BCUT2D eigenvalue weighted by Crippen LogP contribution is -2.55. The van der Waals surface area contributed by atoms with Crippen LogP contribution in [0.2, 0.25) is 5.02 Å². The van der Waals surface area contributed by atoms with Gasteiger partial charge in [0.25, 0.3) is 10.0 Å². The highest BCUT2D eigenvalue weighted by molar-refractivity contribution is 7.92. The van der Waals surface area contributed by atoms with Crippen LogP contribution < -0.4 is 14.4 Å². The van der Waals surface area contributed by atoms with Crippen molar-refractivity contribution in [3.63, 3.8) is 0 Å². The average molecular weight is 674 g/mol. The van der Waals surface area contributed by atoms with Gasteiger partial charge >= 0.3 is 0 Å². The van der Waals surface area contributed by atoms with Gasteiger partial charge in [-0.1, -0.05) is 91.5 Å². The predicted octanol–water partition coefficient (Wildman–Crippen LogP) is 6.63. The summed E-state index contributed by atoms with van der Waals surface area (Å²) < 4.78 is 34.6. The summed E-state index contributed by atoms with van der Waals surface area (Å²) in [5.74, 6) is -0.233. The van der Waals surface area contributed by atoms with E-state index in [1.807, 2.05) is 42.5 Å². The summed E-state index contributed by atoms with van der Waals surface area (Å²) >= 11 is 6.18. The summed E-state index contributed by atoms with van der Waals surface area (Å²) in [7, 11) is -2.66. The van der Waals surface area contributed by atoms with E-state index < -0.39 is 28.5 Å². The van der Waals surface area contributed by atoms with Crippen molar-refractivity contribution in [3.8, 4) is 5.75 Å². The van der Waals surface area contributed by atoms with Crippen LogP contribution in [0.25, 0.3) is 0 Å². The number of nitrogens with one attached hydrogen (secondary N) is 1. The molecular formula is C37H40ClN3O5S. The second-order valence-corrected chi connectivity index (χ2v) is 14.0. The summed E-state index contributed by atoms with van der Waals surface area (Å²) in [6.07, 6.45) is 5.24. The Kier molecular flexibility index (Phi) is 11.6. The zero-order chi connectivity index (χ0) is 33.2. The fourth-order valence-corrected chi connectivity index (χ4v) is 7.44. The van der Waals surface area contributed by atoms with Gasteiger partial charge in [0.05, 0.1) is 17.7 Å². The molecule has 1 saturated carbocycles. The van der Waals surface area contributed by atoms with Crippen LogP contribution in [0, 0.1) is 0 Å². The van der Waals surface area contributed by atoms with Crippen molar-refractivity contribution in [1.82, 2.24) is 10.2 Å². The maximum atomic E-state index is 14.6. The van der Waals surface area contributed by atoms with Crippen molar-refractivity contribution in [1.29, 1.82) is 0 Å². The van der Waals surface area contributed by atoms with E-state index in [4.69, 9.17) is 16.3 Å². The third-order valence-electron chi connectivity index (χ3n) is 8.46. The number of rotatable bonds is 13. The van der Waals surface area contributed by atoms with E-state index in [1.165, 1.54) is 24.1 Å². The molecule has 10 heteroatoms. The van der Waals surface area contributed by atoms with Crippen LogP contribution in [-0.4, -0.2) is 50.9 Å². The lowest BCUT2D eigenvalue weighted by molar-refractivity contribution is -0.140. The number of carbonyl (C=O) groups excluding carboxylic acids is 2. The van der Waals surface area contributed by atoms with Crippen LogP contribution in [0.3, 0.4) is 0 Å². The SMILES string of the molecule is COc1ccc(N(CC(=O)N(Cc2ccc(Cl)cc2)[C@H](Cc2ccccc2)C(=O)NC2CCCCC2)S(=O)(=O)c2ccccc2)cc1. The number of anilines is 1. The fourth-order valence-electron chi connectivity index (χ4n) is 5.88. The van der Waals surface area contributed by atoms with Gasteiger partial charge in [-0.25, -0.2) is 8.42 Å². The molecule has 1 atom stereocenters. The van der Waals surface area contributed by atoms with Crippen molar-refractivity contribution in [3.05, 3.63) is 125 Å². The van der Waals surface area contributed by atoms with Gasteiger partial charge < -0.3 is 15.0 Å². The number of methoxy groups -OCH3 is 1. The van der Waals surface area contributed by atoms with Crippen LogP contribution in [0.15, 0.2) is 114 Å². The molecule has 4 aromatic rings. The molecule has 5 rings (SSSR count). The van der Waals surface area contributed by atoms with Crippen LogP contribution >= 0.6 is 11.6 Å². The highest BCUT2D eigenvalue weighted by atomic mass is 35.5. The van der Waals surface area contributed by atoms with Crippen LogP contribution in [0.5, 0.6) is 5.75 Å². The molecule has 246 valence electrons. The Morgan fingerprint density at radius 3 is 2.06 bits per heavy atom. The van der Waals surface area contributed by atoms with Crippen LogP contribution in [0.1, 0.15) is 43.2 Å². The Morgan fingerprint density at radius 1 is 0.830 bits per heavy atom. The van der Waals surface area contributed by atoms with E-state index in [1.54, 1.807) is 54.6 Å². The average Bonchev–Trinajstić information content (AvgIpc) is 3.10. The minimum atomic E-state index is -4.18. The van der Waals surface area contributed by atoms with E-state index in [9.17, 15) is 18.0 Å². The number of halogens is 1. The Morgan fingerprint density at radius 2 is 1.45 bits per heavy atom. The van der Waals surface area contributed by atoms with Gasteiger partial charge in [-0.15, -0.1) is 0 Å². The quantitative estimate of drug-likeness (QED) is 0.172. The molecule has 0 radical (unpaired) electrons. The number of hydrogen-bond acceptors (Lipinski definition) is 5. The number of benzene rings is 4. The molecule has 0 heterocycles. The van der Waals surface area contributed by atoms with Gasteiger partial charge in [0.1, 0.15) is 18.3 Å². The Balaban J connectivity index is 1.55. The second-order valence-electron chi connectivity index (χ2n) is 11.7. The normalized spacial score (nSPS) is 14.2. The third kappa shape index (κ3) is 8.93. The largest absolute Gasteiger partial charge is 0.497 e. The maximum Gasteiger partial charge on any atom is 0.264 e. The first kappa shape index (κ1) is 34.0. The first-order valence-electron chi connectivity index (χ1n) is 15.8. The van der Waals surface area contributed by atoms with Crippen molar-refractivity contribution in [2.75, 3.05) is 18.0 Å². The molecule has 0 spiro atoms. The fraction of sp³-hybridized carbons (Fsp3) is 0.297. The molecule has 8 nitrogen and oxygen atoms in total. The molecule has 47 heavy (non-hydrogen) atoms. The molecule has 0 saturated heterocycles. The van der Waals surface area contributed by atoms with Gasteiger partial charge in [-0.2, -0.15) is 0 Å². The molecule has 0 unspecified atom stereocenters. The van der Waals surface area contributed by atoms with E-state index in [0.717, 1.165) is 47.5 Å². The first-order valence-corrected chi connectivity index (χ1v) is 17.7. The Bertz CT molecular complexity index is 1710. The minimum Gasteiger partial charge on any atom is -0.497 e. The van der Waals surface area contributed by atoms with Gasteiger partial charge in [0.15, 0.2) is 0 Å². The number of carbonyl (C=O) groups is 2.